The van der Waals surface area contributed by atoms with Crippen molar-refractivity contribution >= 4 is 21.7 Å². The third-order valence-electron chi connectivity index (χ3n) is 1.84. The molecule has 2 nitrogen and oxygen atoms in total. The van der Waals surface area contributed by atoms with E-state index < -0.39 is 16.7 Å². The zero-order valence-electron chi connectivity index (χ0n) is 8.52. The summed E-state index contributed by atoms with van der Waals surface area (Å²) < 4.78 is 54.2. The summed E-state index contributed by atoms with van der Waals surface area (Å²) in [5.74, 6) is -0.728. The van der Waals surface area contributed by atoms with Gasteiger partial charge in [-0.05, 0) is 31.2 Å². The first-order valence-corrected chi connectivity index (χ1v) is 5.17. The van der Waals surface area contributed by atoms with E-state index >= 15 is 0 Å². The highest BCUT2D eigenvalue weighted by Crippen LogP contribution is 2.40. The van der Waals surface area contributed by atoms with Crippen LogP contribution in [-0.4, -0.2) is 16.7 Å². The van der Waals surface area contributed by atoms with Gasteiger partial charge in [-0.1, -0.05) is 0 Å². The third-order valence-corrected chi connectivity index (χ3v) is 2.30. The monoisotopic (exact) mass is 314 g/mol. The van der Waals surface area contributed by atoms with Gasteiger partial charge in [-0.3, -0.25) is 4.79 Å². The third kappa shape index (κ3) is 3.42. The maximum atomic E-state index is 12.8. The van der Waals surface area contributed by atoms with Crippen LogP contribution in [0.15, 0.2) is 24.3 Å². The number of ketones is 1. The van der Waals surface area contributed by atoms with E-state index in [-0.39, 0.29) is 11.3 Å². The molecule has 0 radical (unpaired) electrons. The van der Waals surface area contributed by atoms with Crippen LogP contribution in [0.25, 0.3) is 0 Å². The molecular formula is C10H7BrF4O2. The normalized spacial score (nSPS) is 12.4. The second-order valence-electron chi connectivity index (χ2n) is 3.20. The molecule has 0 spiro atoms. The SMILES string of the molecule is CC(=O)c1ccc(OC(F)(F)C(F)(F)Br)cc1. The lowest BCUT2D eigenvalue weighted by Crippen LogP contribution is -2.40. The number of ether oxygens (including phenoxy) is 1. The molecule has 0 fully saturated rings. The fraction of sp³-hybridized carbons (Fsp3) is 0.300. The number of hydrogen-bond donors (Lipinski definition) is 0. The van der Waals surface area contributed by atoms with Crippen molar-refractivity contribution in [1.82, 2.24) is 0 Å². The Bertz CT molecular complexity index is 411. The van der Waals surface area contributed by atoms with E-state index in [1.54, 1.807) is 0 Å². The van der Waals surface area contributed by atoms with Crippen molar-refractivity contribution in [2.45, 2.75) is 17.9 Å². The minimum absolute atomic E-state index is 0.269. The molecule has 94 valence electrons. The zero-order chi connectivity index (χ0) is 13.3. The van der Waals surface area contributed by atoms with Crippen LogP contribution in [-0.2, 0) is 0 Å². The summed E-state index contributed by atoms with van der Waals surface area (Å²) in [5.41, 5.74) is 0.270. The van der Waals surface area contributed by atoms with Crippen molar-refractivity contribution in [2.24, 2.45) is 0 Å². The van der Waals surface area contributed by atoms with E-state index in [4.69, 9.17) is 0 Å². The van der Waals surface area contributed by atoms with Crippen LogP contribution in [0.4, 0.5) is 17.6 Å². The molecule has 0 aliphatic carbocycles. The minimum atomic E-state index is -4.68. The second kappa shape index (κ2) is 4.64. The van der Waals surface area contributed by atoms with E-state index in [1.165, 1.54) is 35.0 Å². The molecule has 0 aliphatic rings. The molecular weight excluding hydrogens is 308 g/mol. The average Bonchev–Trinajstić information content (AvgIpc) is 2.16. The molecule has 0 aliphatic heterocycles. The van der Waals surface area contributed by atoms with Crippen LogP contribution in [0.2, 0.25) is 0 Å². The average molecular weight is 315 g/mol. The standard InChI is InChI=1S/C10H7BrF4O2/c1-6(16)7-2-4-8(5-3-7)17-10(14,15)9(11,12)13/h2-5H,1H3. The maximum absolute atomic E-state index is 12.8. The van der Waals surface area contributed by atoms with E-state index in [9.17, 15) is 22.4 Å². The van der Waals surface area contributed by atoms with Gasteiger partial charge in [0.05, 0.1) is 0 Å². The first kappa shape index (κ1) is 14.0. The van der Waals surface area contributed by atoms with Crippen LogP contribution < -0.4 is 4.74 Å². The van der Waals surface area contributed by atoms with Crippen molar-refractivity contribution in [3.8, 4) is 5.75 Å². The van der Waals surface area contributed by atoms with Crippen molar-refractivity contribution in [3.63, 3.8) is 0 Å². The summed E-state index contributed by atoms with van der Waals surface area (Å²) in [7, 11) is 0. The summed E-state index contributed by atoms with van der Waals surface area (Å²) in [5, 5.41) is 0. The first-order chi connectivity index (χ1) is 7.63. The highest BCUT2D eigenvalue weighted by molar-refractivity contribution is 9.10. The van der Waals surface area contributed by atoms with Gasteiger partial charge in [-0.25, -0.2) is 0 Å². The maximum Gasteiger partial charge on any atom is 0.475 e. The topological polar surface area (TPSA) is 26.3 Å². The van der Waals surface area contributed by atoms with Crippen LogP contribution in [0.3, 0.4) is 0 Å². The molecule has 0 heterocycles. The van der Waals surface area contributed by atoms with Gasteiger partial charge in [-0.15, -0.1) is 0 Å². The number of alkyl halides is 5. The summed E-state index contributed by atoms with van der Waals surface area (Å²) in [4.78, 5) is 6.41. The Morgan fingerprint density at radius 3 is 2.00 bits per heavy atom. The molecule has 0 unspecified atom stereocenters. The first-order valence-electron chi connectivity index (χ1n) is 4.38. The van der Waals surface area contributed by atoms with Gasteiger partial charge in [0.25, 0.3) is 0 Å². The zero-order valence-corrected chi connectivity index (χ0v) is 10.1. The largest absolute Gasteiger partial charge is 0.475 e. The Balaban J connectivity index is 2.86. The van der Waals surface area contributed by atoms with Crippen molar-refractivity contribution in [2.75, 3.05) is 0 Å². The van der Waals surface area contributed by atoms with Gasteiger partial charge in [0.2, 0.25) is 0 Å². The van der Waals surface area contributed by atoms with Crippen LogP contribution >= 0.6 is 15.9 Å². The second-order valence-corrected chi connectivity index (χ2v) is 4.19. The molecule has 0 bridgehead atoms. The molecule has 0 saturated heterocycles. The lowest BCUT2D eigenvalue weighted by atomic mass is 10.1. The number of Topliss-reactive ketones (excluding diaryl/α,β-unsaturated/α-hetero) is 1. The highest BCUT2D eigenvalue weighted by Gasteiger charge is 2.57. The predicted octanol–water partition coefficient (Wildman–Crippen LogP) is 3.85. The van der Waals surface area contributed by atoms with Crippen LogP contribution in [0, 0.1) is 0 Å². The molecule has 0 amide bonds. The number of carbonyl (C=O) groups excluding carboxylic acids is 1. The molecule has 0 atom stereocenters. The molecule has 1 aromatic carbocycles. The lowest BCUT2D eigenvalue weighted by Gasteiger charge is -2.21. The fourth-order valence-electron chi connectivity index (χ4n) is 0.964. The van der Waals surface area contributed by atoms with Gasteiger partial charge < -0.3 is 4.74 Å². The van der Waals surface area contributed by atoms with E-state index in [1.807, 2.05) is 0 Å². The Morgan fingerprint density at radius 2 is 1.65 bits per heavy atom. The molecule has 1 rings (SSSR count). The van der Waals surface area contributed by atoms with Crippen molar-refractivity contribution in [3.05, 3.63) is 29.8 Å². The summed E-state index contributed by atoms with van der Waals surface area (Å²) in [6.07, 6.45) is -4.68. The molecule has 0 aromatic heterocycles. The molecule has 1 aromatic rings. The Labute approximate surface area is 103 Å². The predicted molar refractivity (Wildman–Crippen MR) is 55.9 cm³/mol. The Kier molecular flexibility index (Phi) is 3.81. The smallest absolute Gasteiger partial charge is 0.427 e. The molecule has 7 heteroatoms. The van der Waals surface area contributed by atoms with Crippen molar-refractivity contribution < 1.29 is 27.1 Å². The number of carbonyl (C=O) groups is 1. The van der Waals surface area contributed by atoms with E-state index in [0.29, 0.717) is 0 Å². The number of hydrogen-bond acceptors (Lipinski definition) is 2. The van der Waals surface area contributed by atoms with Gasteiger partial charge in [0, 0.05) is 21.5 Å². The highest BCUT2D eigenvalue weighted by atomic mass is 79.9. The van der Waals surface area contributed by atoms with Gasteiger partial charge >= 0.3 is 10.9 Å². The molecule has 0 saturated carbocycles. The summed E-state index contributed by atoms with van der Waals surface area (Å²) in [6.45, 7) is 1.29. The molecule has 17 heavy (non-hydrogen) atoms. The minimum Gasteiger partial charge on any atom is -0.427 e. The Morgan fingerprint density at radius 1 is 1.18 bits per heavy atom. The fourth-order valence-corrected chi connectivity index (χ4v) is 1.04. The van der Waals surface area contributed by atoms with E-state index in [2.05, 4.69) is 4.74 Å². The van der Waals surface area contributed by atoms with E-state index in [0.717, 1.165) is 12.1 Å². The van der Waals surface area contributed by atoms with Crippen molar-refractivity contribution in [1.29, 1.82) is 0 Å². The lowest BCUT2D eigenvalue weighted by molar-refractivity contribution is -0.266. The Hall–Kier alpha value is -1.11. The molecule has 0 N–H and O–H groups in total. The number of benzene rings is 1. The van der Waals surface area contributed by atoms with Gasteiger partial charge in [0.1, 0.15) is 5.75 Å². The van der Waals surface area contributed by atoms with Gasteiger partial charge in [0.15, 0.2) is 5.78 Å². The van der Waals surface area contributed by atoms with Crippen LogP contribution in [0.1, 0.15) is 17.3 Å². The summed E-state index contributed by atoms with van der Waals surface area (Å²) in [6, 6.07) is 4.45. The van der Waals surface area contributed by atoms with Gasteiger partial charge in [-0.2, -0.15) is 17.6 Å². The quantitative estimate of drug-likeness (QED) is 0.479. The van der Waals surface area contributed by atoms with Crippen LogP contribution in [0.5, 0.6) is 5.75 Å². The number of rotatable bonds is 4. The number of halogens is 5. The summed E-state index contributed by atoms with van der Waals surface area (Å²) >= 11 is 1.53.